The van der Waals surface area contributed by atoms with Crippen molar-refractivity contribution in [1.82, 2.24) is 14.7 Å². The van der Waals surface area contributed by atoms with E-state index in [1.54, 1.807) is 6.92 Å². The Bertz CT molecular complexity index is 489. The van der Waals surface area contributed by atoms with E-state index in [-0.39, 0.29) is 18.0 Å². The lowest BCUT2D eigenvalue weighted by Gasteiger charge is -2.13. The fourth-order valence-electron chi connectivity index (χ4n) is 1.16. The van der Waals surface area contributed by atoms with Crippen molar-refractivity contribution in [3.63, 3.8) is 0 Å². The molecule has 2 amide bonds. The number of rotatable bonds is 6. The van der Waals surface area contributed by atoms with E-state index in [2.05, 4.69) is 20.0 Å². The molecule has 0 aromatic carbocycles. The number of aromatic nitrogens is 2. The third-order valence-corrected chi connectivity index (χ3v) is 2.72. The standard InChI is InChI=1S/C9H12N4O5S/c1-4-10-9(19-13-4)12-8(18)11-5(7(16)17)2-3-6(14)15/h5H,2-3H2,1H3,(H,14,15)(H,16,17)(H2,10,11,12,13,18). The molecule has 1 aromatic heterocycles. The molecule has 1 atom stereocenters. The molecule has 0 aliphatic carbocycles. The van der Waals surface area contributed by atoms with Gasteiger partial charge in [-0.15, -0.1) is 0 Å². The Balaban J connectivity index is 2.51. The number of hydrogen-bond acceptors (Lipinski definition) is 6. The number of nitrogens with zero attached hydrogens (tertiary/aromatic N) is 2. The van der Waals surface area contributed by atoms with Gasteiger partial charge in [0.2, 0.25) is 5.13 Å². The van der Waals surface area contributed by atoms with Crippen molar-refractivity contribution in [1.29, 1.82) is 0 Å². The summed E-state index contributed by atoms with van der Waals surface area (Å²) in [6, 6.07) is -2.04. The van der Waals surface area contributed by atoms with Crippen LogP contribution in [0.3, 0.4) is 0 Å². The second kappa shape index (κ2) is 6.64. The molecule has 104 valence electrons. The monoisotopic (exact) mass is 288 g/mol. The molecule has 0 aliphatic rings. The predicted octanol–water partition coefficient (Wildman–Crippen LogP) is 0.286. The van der Waals surface area contributed by atoms with Crippen LogP contribution in [0.4, 0.5) is 9.93 Å². The number of hydrogen-bond donors (Lipinski definition) is 4. The molecule has 9 nitrogen and oxygen atoms in total. The minimum Gasteiger partial charge on any atom is -0.481 e. The van der Waals surface area contributed by atoms with Gasteiger partial charge < -0.3 is 15.5 Å². The molecule has 19 heavy (non-hydrogen) atoms. The first-order valence-electron chi connectivity index (χ1n) is 5.21. The maximum Gasteiger partial charge on any atom is 0.326 e. The van der Waals surface area contributed by atoms with Crippen LogP contribution in [0, 0.1) is 6.92 Å². The van der Waals surface area contributed by atoms with Gasteiger partial charge in [0, 0.05) is 18.0 Å². The Labute approximate surface area is 111 Å². The third-order valence-electron chi connectivity index (χ3n) is 2.00. The van der Waals surface area contributed by atoms with E-state index in [9.17, 15) is 14.4 Å². The zero-order valence-corrected chi connectivity index (χ0v) is 10.7. The lowest BCUT2D eigenvalue weighted by Crippen LogP contribution is -2.43. The molecule has 0 fully saturated rings. The molecule has 1 heterocycles. The summed E-state index contributed by atoms with van der Waals surface area (Å²) in [6.45, 7) is 1.65. The average Bonchev–Trinajstić information content (AvgIpc) is 2.69. The van der Waals surface area contributed by atoms with Crippen LogP contribution in [0.1, 0.15) is 18.7 Å². The predicted molar refractivity (Wildman–Crippen MR) is 65.1 cm³/mol. The smallest absolute Gasteiger partial charge is 0.326 e. The van der Waals surface area contributed by atoms with Crippen LogP contribution in [-0.4, -0.2) is 43.6 Å². The summed E-state index contributed by atoms with van der Waals surface area (Å²) in [6.07, 6.45) is -0.553. The molecular weight excluding hydrogens is 276 g/mol. The van der Waals surface area contributed by atoms with E-state index >= 15 is 0 Å². The highest BCUT2D eigenvalue weighted by molar-refractivity contribution is 7.09. The van der Waals surface area contributed by atoms with E-state index in [0.29, 0.717) is 5.82 Å². The van der Waals surface area contributed by atoms with Crippen molar-refractivity contribution in [3.05, 3.63) is 5.82 Å². The van der Waals surface area contributed by atoms with Crippen molar-refractivity contribution < 1.29 is 24.6 Å². The Morgan fingerprint density at radius 3 is 2.53 bits per heavy atom. The zero-order chi connectivity index (χ0) is 14.4. The molecule has 10 heteroatoms. The van der Waals surface area contributed by atoms with Crippen LogP contribution in [0.2, 0.25) is 0 Å². The number of amides is 2. The normalized spacial score (nSPS) is 11.6. The van der Waals surface area contributed by atoms with Crippen LogP contribution >= 0.6 is 11.5 Å². The SMILES string of the molecule is Cc1nsc(NC(=O)NC(CCC(=O)O)C(=O)O)n1. The van der Waals surface area contributed by atoms with Crippen molar-refractivity contribution in [2.24, 2.45) is 0 Å². The van der Waals surface area contributed by atoms with E-state index in [1.807, 2.05) is 0 Å². The maximum atomic E-state index is 11.5. The minimum atomic E-state index is -1.30. The van der Waals surface area contributed by atoms with Crippen molar-refractivity contribution in [3.8, 4) is 0 Å². The number of carbonyl (C=O) groups excluding carboxylic acids is 1. The number of carboxylic acids is 2. The van der Waals surface area contributed by atoms with Crippen molar-refractivity contribution in [2.75, 3.05) is 5.32 Å². The molecule has 1 rings (SSSR count). The second-order valence-electron chi connectivity index (χ2n) is 3.57. The summed E-state index contributed by atoms with van der Waals surface area (Å²) in [5.74, 6) is -1.95. The third kappa shape index (κ3) is 5.29. The van der Waals surface area contributed by atoms with Gasteiger partial charge in [-0.25, -0.2) is 14.6 Å². The van der Waals surface area contributed by atoms with Crippen LogP contribution in [0.15, 0.2) is 0 Å². The van der Waals surface area contributed by atoms with E-state index in [4.69, 9.17) is 10.2 Å². The van der Waals surface area contributed by atoms with Gasteiger partial charge in [0.15, 0.2) is 0 Å². The molecule has 1 aromatic rings. The Kier molecular flexibility index (Phi) is 5.18. The topological polar surface area (TPSA) is 142 Å². The summed E-state index contributed by atoms with van der Waals surface area (Å²) < 4.78 is 3.84. The number of carboxylic acid groups (broad SMARTS) is 2. The van der Waals surface area contributed by atoms with Gasteiger partial charge in [-0.2, -0.15) is 4.37 Å². The molecule has 0 bridgehead atoms. The number of anilines is 1. The van der Waals surface area contributed by atoms with Crippen molar-refractivity contribution in [2.45, 2.75) is 25.8 Å². The van der Waals surface area contributed by atoms with Gasteiger partial charge in [0.25, 0.3) is 0 Å². The first-order valence-corrected chi connectivity index (χ1v) is 5.98. The quantitative estimate of drug-likeness (QED) is 0.589. The Hall–Kier alpha value is -2.23. The number of urea groups is 1. The van der Waals surface area contributed by atoms with Gasteiger partial charge in [-0.05, 0) is 13.3 Å². The van der Waals surface area contributed by atoms with Crippen LogP contribution < -0.4 is 10.6 Å². The lowest BCUT2D eigenvalue weighted by atomic mass is 10.1. The van der Waals surface area contributed by atoms with Gasteiger partial charge >= 0.3 is 18.0 Å². The van der Waals surface area contributed by atoms with Gasteiger partial charge in [-0.3, -0.25) is 10.1 Å². The van der Waals surface area contributed by atoms with Gasteiger partial charge in [-0.1, -0.05) is 0 Å². The first kappa shape index (κ1) is 14.8. The molecule has 0 spiro atoms. The number of nitrogens with one attached hydrogen (secondary N) is 2. The first-order chi connectivity index (χ1) is 8.88. The van der Waals surface area contributed by atoms with Crippen LogP contribution in [0.5, 0.6) is 0 Å². The largest absolute Gasteiger partial charge is 0.481 e. The summed E-state index contributed by atoms with van der Waals surface area (Å²) in [5.41, 5.74) is 0. The zero-order valence-electron chi connectivity index (χ0n) is 9.91. The molecule has 0 saturated carbocycles. The van der Waals surface area contributed by atoms with Gasteiger partial charge in [0.1, 0.15) is 11.9 Å². The molecule has 0 aliphatic heterocycles. The molecular formula is C9H12N4O5S. The highest BCUT2D eigenvalue weighted by Gasteiger charge is 2.21. The Morgan fingerprint density at radius 2 is 2.05 bits per heavy atom. The summed E-state index contributed by atoms with van der Waals surface area (Å²) >= 11 is 0.957. The molecule has 4 N–H and O–H groups in total. The highest BCUT2D eigenvalue weighted by Crippen LogP contribution is 2.09. The highest BCUT2D eigenvalue weighted by atomic mass is 32.1. The van der Waals surface area contributed by atoms with E-state index in [0.717, 1.165) is 11.5 Å². The summed E-state index contributed by atoms with van der Waals surface area (Å²) in [5, 5.41) is 22.0. The van der Waals surface area contributed by atoms with Crippen LogP contribution in [-0.2, 0) is 9.59 Å². The maximum absolute atomic E-state index is 11.5. The fraction of sp³-hybridized carbons (Fsp3) is 0.444. The molecule has 0 saturated heterocycles. The number of carbonyl (C=O) groups is 3. The Morgan fingerprint density at radius 1 is 1.37 bits per heavy atom. The van der Waals surface area contributed by atoms with Gasteiger partial charge in [0.05, 0.1) is 0 Å². The number of aryl methyl sites for hydroxylation is 1. The minimum absolute atomic E-state index is 0.201. The summed E-state index contributed by atoms with van der Waals surface area (Å²) in [7, 11) is 0. The fourth-order valence-corrected chi connectivity index (χ4v) is 1.74. The average molecular weight is 288 g/mol. The molecule has 1 unspecified atom stereocenters. The summed E-state index contributed by atoms with van der Waals surface area (Å²) in [4.78, 5) is 36.6. The van der Waals surface area contributed by atoms with Crippen LogP contribution in [0.25, 0.3) is 0 Å². The van der Waals surface area contributed by atoms with Crippen molar-refractivity contribution >= 4 is 34.6 Å². The van der Waals surface area contributed by atoms with E-state index < -0.39 is 24.0 Å². The lowest BCUT2D eigenvalue weighted by molar-refractivity contribution is -0.140. The second-order valence-corrected chi connectivity index (χ2v) is 4.32. The number of aliphatic carboxylic acids is 2. The molecule has 0 radical (unpaired) electrons. The van der Waals surface area contributed by atoms with E-state index in [1.165, 1.54) is 0 Å².